The number of methoxy groups -OCH3 is 1. The first-order valence-electron chi connectivity index (χ1n) is 6.12. The van der Waals surface area contributed by atoms with Gasteiger partial charge in [0.25, 0.3) is 0 Å². The van der Waals surface area contributed by atoms with Crippen molar-refractivity contribution in [3.05, 3.63) is 54.3 Å². The van der Waals surface area contributed by atoms with E-state index in [1.807, 2.05) is 6.07 Å². The molecule has 2 N–H and O–H groups in total. The van der Waals surface area contributed by atoms with Crippen LogP contribution in [0.4, 0.5) is 15.8 Å². The van der Waals surface area contributed by atoms with Gasteiger partial charge in [0.1, 0.15) is 11.6 Å². The Morgan fingerprint density at radius 1 is 1.10 bits per heavy atom. The predicted molar refractivity (Wildman–Crippen MR) is 76.5 cm³/mol. The Balaban J connectivity index is 1.95. The Morgan fingerprint density at radius 3 is 2.45 bits per heavy atom. The molecule has 0 radical (unpaired) electrons. The topological polar surface area (TPSA) is 50.4 Å². The minimum absolute atomic E-state index is 0.0288. The Morgan fingerprint density at radius 2 is 1.75 bits per heavy atom. The fraction of sp³-hybridized carbons (Fsp3) is 0.133. The number of ether oxygens (including phenoxy) is 1. The molecule has 0 spiro atoms. The van der Waals surface area contributed by atoms with Crippen LogP contribution in [0, 0.1) is 5.82 Å². The van der Waals surface area contributed by atoms with E-state index >= 15 is 0 Å². The first-order chi connectivity index (χ1) is 9.70. The van der Waals surface area contributed by atoms with Crippen LogP contribution in [-0.4, -0.2) is 19.6 Å². The number of hydrogen-bond acceptors (Lipinski definition) is 3. The third-order valence-corrected chi connectivity index (χ3v) is 2.69. The molecule has 5 heteroatoms. The molecule has 0 aliphatic rings. The molecule has 0 atom stereocenters. The summed E-state index contributed by atoms with van der Waals surface area (Å²) in [7, 11) is 1.53. The van der Waals surface area contributed by atoms with Gasteiger partial charge in [-0.15, -0.1) is 0 Å². The molecule has 0 heterocycles. The molecule has 2 aromatic rings. The lowest BCUT2D eigenvalue weighted by Crippen LogP contribution is -2.22. The number of para-hydroxylation sites is 3. The molecule has 0 fully saturated rings. The van der Waals surface area contributed by atoms with E-state index in [1.54, 1.807) is 36.4 Å². The van der Waals surface area contributed by atoms with Gasteiger partial charge in [-0.1, -0.05) is 24.3 Å². The van der Waals surface area contributed by atoms with Crippen molar-refractivity contribution in [2.24, 2.45) is 0 Å². The number of hydrogen-bond donors (Lipinski definition) is 2. The van der Waals surface area contributed by atoms with E-state index in [9.17, 15) is 9.18 Å². The zero-order valence-electron chi connectivity index (χ0n) is 11.0. The van der Waals surface area contributed by atoms with Crippen molar-refractivity contribution in [1.82, 2.24) is 0 Å². The van der Waals surface area contributed by atoms with Crippen LogP contribution in [-0.2, 0) is 4.79 Å². The number of carbonyl (C=O) groups excluding carboxylic acids is 1. The first-order valence-corrected chi connectivity index (χ1v) is 6.12. The highest BCUT2D eigenvalue weighted by atomic mass is 19.1. The van der Waals surface area contributed by atoms with Crippen LogP contribution in [0.5, 0.6) is 5.75 Å². The number of amides is 1. The lowest BCUT2D eigenvalue weighted by molar-refractivity contribution is -0.114. The molecular formula is C15H15FN2O2. The van der Waals surface area contributed by atoms with Crippen LogP contribution in [0.15, 0.2) is 48.5 Å². The first kappa shape index (κ1) is 13.9. The van der Waals surface area contributed by atoms with Crippen molar-refractivity contribution in [3.8, 4) is 5.75 Å². The Hall–Kier alpha value is -2.56. The lowest BCUT2D eigenvalue weighted by Gasteiger charge is -2.11. The molecule has 0 saturated heterocycles. The van der Waals surface area contributed by atoms with Crippen molar-refractivity contribution in [2.45, 2.75) is 0 Å². The molecule has 4 nitrogen and oxygen atoms in total. The van der Waals surface area contributed by atoms with Gasteiger partial charge >= 0.3 is 0 Å². The molecule has 2 aromatic carbocycles. The van der Waals surface area contributed by atoms with Gasteiger partial charge in [-0.25, -0.2) is 4.39 Å². The summed E-state index contributed by atoms with van der Waals surface area (Å²) < 4.78 is 18.5. The standard InChI is InChI=1S/C15H15FN2O2/c1-20-14-9-5-4-8-13(14)18-15(19)10-17-12-7-3-2-6-11(12)16/h2-9,17H,10H2,1H3,(H,18,19). The van der Waals surface area contributed by atoms with Crippen LogP contribution >= 0.6 is 0 Å². The van der Waals surface area contributed by atoms with Gasteiger partial charge in [0.05, 0.1) is 25.0 Å². The maximum absolute atomic E-state index is 13.4. The number of rotatable bonds is 5. The average Bonchev–Trinajstić information content (AvgIpc) is 2.47. The van der Waals surface area contributed by atoms with Gasteiger partial charge in [0, 0.05) is 0 Å². The van der Waals surface area contributed by atoms with Gasteiger partial charge in [0.15, 0.2) is 0 Å². The summed E-state index contributed by atoms with van der Waals surface area (Å²) in [5, 5.41) is 5.44. The molecule has 0 bridgehead atoms. The lowest BCUT2D eigenvalue weighted by atomic mass is 10.3. The van der Waals surface area contributed by atoms with E-state index in [0.29, 0.717) is 17.1 Å². The summed E-state index contributed by atoms with van der Waals surface area (Å²) in [6, 6.07) is 13.3. The fourth-order valence-electron chi connectivity index (χ4n) is 1.72. The smallest absolute Gasteiger partial charge is 0.243 e. The van der Waals surface area contributed by atoms with Gasteiger partial charge in [0.2, 0.25) is 5.91 Å². The highest BCUT2D eigenvalue weighted by Gasteiger charge is 2.07. The van der Waals surface area contributed by atoms with Crippen LogP contribution < -0.4 is 15.4 Å². The molecular weight excluding hydrogens is 259 g/mol. The van der Waals surface area contributed by atoms with Gasteiger partial charge in [-0.05, 0) is 24.3 Å². The number of carbonyl (C=O) groups is 1. The molecule has 0 aliphatic carbocycles. The number of halogens is 1. The molecule has 0 unspecified atom stereocenters. The number of anilines is 2. The van der Waals surface area contributed by atoms with Crippen LogP contribution in [0.25, 0.3) is 0 Å². The minimum atomic E-state index is -0.391. The summed E-state index contributed by atoms with van der Waals surface area (Å²) in [4.78, 5) is 11.8. The van der Waals surface area contributed by atoms with E-state index in [4.69, 9.17) is 4.74 Å². The molecule has 104 valence electrons. The van der Waals surface area contributed by atoms with Crippen LogP contribution in [0.1, 0.15) is 0 Å². The zero-order valence-corrected chi connectivity index (χ0v) is 11.0. The maximum Gasteiger partial charge on any atom is 0.243 e. The summed E-state index contributed by atoms with van der Waals surface area (Å²) in [5.74, 6) is -0.0953. The van der Waals surface area contributed by atoms with E-state index in [0.717, 1.165) is 0 Å². The second kappa shape index (κ2) is 6.56. The molecule has 20 heavy (non-hydrogen) atoms. The van der Waals surface area contributed by atoms with Gasteiger partial charge in [-0.2, -0.15) is 0 Å². The predicted octanol–water partition coefficient (Wildman–Crippen LogP) is 2.88. The van der Waals surface area contributed by atoms with E-state index in [2.05, 4.69) is 10.6 Å². The van der Waals surface area contributed by atoms with E-state index < -0.39 is 5.82 Å². The zero-order chi connectivity index (χ0) is 14.4. The average molecular weight is 274 g/mol. The summed E-state index contributed by atoms with van der Waals surface area (Å²) >= 11 is 0. The Kier molecular flexibility index (Phi) is 4.55. The highest BCUT2D eigenvalue weighted by Crippen LogP contribution is 2.22. The Labute approximate surface area is 116 Å². The summed E-state index contributed by atoms with van der Waals surface area (Å²) in [6.45, 7) is -0.0288. The minimum Gasteiger partial charge on any atom is -0.495 e. The van der Waals surface area contributed by atoms with Crippen molar-refractivity contribution in [3.63, 3.8) is 0 Å². The largest absolute Gasteiger partial charge is 0.495 e. The quantitative estimate of drug-likeness (QED) is 0.881. The second-order valence-electron chi connectivity index (χ2n) is 4.08. The molecule has 0 saturated carbocycles. The molecule has 0 aliphatic heterocycles. The summed E-state index contributed by atoms with van der Waals surface area (Å²) in [6.07, 6.45) is 0. The summed E-state index contributed by atoms with van der Waals surface area (Å²) in [5.41, 5.74) is 0.873. The maximum atomic E-state index is 13.4. The molecule has 1 amide bonds. The van der Waals surface area contributed by atoms with Crippen LogP contribution in [0.3, 0.4) is 0 Å². The number of nitrogens with one attached hydrogen (secondary N) is 2. The van der Waals surface area contributed by atoms with Crippen LogP contribution in [0.2, 0.25) is 0 Å². The SMILES string of the molecule is COc1ccccc1NC(=O)CNc1ccccc1F. The van der Waals surface area contributed by atoms with E-state index in [-0.39, 0.29) is 12.5 Å². The third kappa shape index (κ3) is 3.47. The van der Waals surface area contributed by atoms with Crippen molar-refractivity contribution in [1.29, 1.82) is 0 Å². The van der Waals surface area contributed by atoms with E-state index in [1.165, 1.54) is 13.2 Å². The van der Waals surface area contributed by atoms with Crippen molar-refractivity contribution < 1.29 is 13.9 Å². The molecule has 2 rings (SSSR count). The second-order valence-corrected chi connectivity index (χ2v) is 4.08. The van der Waals surface area contributed by atoms with Crippen molar-refractivity contribution in [2.75, 3.05) is 24.3 Å². The number of benzene rings is 2. The fourth-order valence-corrected chi connectivity index (χ4v) is 1.72. The van der Waals surface area contributed by atoms with Gasteiger partial charge in [-0.3, -0.25) is 4.79 Å². The molecule has 0 aromatic heterocycles. The highest BCUT2D eigenvalue weighted by molar-refractivity contribution is 5.95. The Bertz CT molecular complexity index is 602. The van der Waals surface area contributed by atoms with Gasteiger partial charge < -0.3 is 15.4 Å². The third-order valence-electron chi connectivity index (χ3n) is 2.69. The monoisotopic (exact) mass is 274 g/mol. The normalized spacial score (nSPS) is 9.90. The van der Waals surface area contributed by atoms with Crippen molar-refractivity contribution >= 4 is 17.3 Å².